The monoisotopic (exact) mass is 283 g/mol. The normalized spacial score (nSPS) is 17.3. The average molecular weight is 283 g/mol. The summed E-state index contributed by atoms with van der Waals surface area (Å²) in [6, 6.07) is 7.86. The first-order valence-corrected chi connectivity index (χ1v) is 7.62. The van der Waals surface area contributed by atoms with Crippen LogP contribution in [0.4, 0.5) is 0 Å². The molecule has 1 N–H and O–H groups in total. The molecular formula is C17H21N3O. The van der Waals surface area contributed by atoms with Gasteiger partial charge >= 0.3 is 0 Å². The highest BCUT2D eigenvalue weighted by atomic mass is 16.2. The summed E-state index contributed by atoms with van der Waals surface area (Å²) < 4.78 is 2.09. The Morgan fingerprint density at radius 2 is 1.95 bits per heavy atom. The van der Waals surface area contributed by atoms with Gasteiger partial charge in [-0.05, 0) is 36.6 Å². The van der Waals surface area contributed by atoms with Crippen LogP contribution < -0.4 is 5.32 Å². The summed E-state index contributed by atoms with van der Waals surface area (Å²) >= 11 is 0. The topological polar surface area (TPSA) is 46.9 Å². The number of rotatable bonds is 4. The lowest BCUT2D eigenvalue weighted by atomic mass is 9.80. The van der Waals surface area contributed by atoms with E-state index in [-0.39, 0.29) is 5.91 Å². The molecule has 0 atom stereocenters. The Kier molecular flexibility index (Phi) is 4.04. The molecule has 2 aromatic heterocycles. The van der Waals surface area contributed by atoms with Gasteiger partial charge in [0.25, 0.3) is 0 Å². The molecule has 21 heavy (non-hydrogen) atoms. The summed E-state index contributed by atoms with van der Waals surface area (Å²) in [5.74, 6) is 0.127. The summed E-state index contributed by atoms with van der Waals surface area (Å²) in [4.78, 5) is 16.9. The molecule has 110 valence electrons. The van der Waals surface area contributed by atoms with Crippen molar-refractivity contribution in [1.82, 2.24) is 14.9 Å². The van der Waals surface area contributed by atoms with Crippen molar-refractivity contribution in [2.45, 2.75) is 44.2 Å². The molecule has 0 spiro atoms. The van der Waals surface area contributed by atoms with Gasteiger partial charge in [0.2, 0.25) is 5.91 Å². The Morgan fingerprint density at radius 3 is 2.62 bits per heavy atom. The van der Waals surface area contributed by atoms with Gasteiger partial charge in [0.15, 0.2) is 0 Å². The molecule has 0 unspecified atom stereocenters. The largest absolute Gasteiger partial charge is 0.350 e. The molecule has 4 nitrogen and oxygen atoms in total. The van der Waals surface area contributed by atoms with Gasteiger partial charge in [0.1, 0.15) is 5.54 Å². The van der Waals surface area contributed by atoms with Crippen LogP contribution in [0.15, 0.2) is 49.1 Å². The molecule has 1 aliphatic carbocycles. The van der Waals surface area contributed by atoms with Crippen LogP contribution in [0.25, 0.3) is 0 Å². The minimum atomic E-state index is -0.413. The fourth-order valence-corrected chi connectivity index (χ4v) is 3.21. The summed E-state index contributed by atoms with van der Waals surface area (Å²) in [6.07, 6.45) is 12.8. The van der Waals surface area contributed by atoms with Crippen LogP contribution in [0.3, 0.4) is 0 Å². The van der Waals surface area contributed by atoms with E-state index in [1.54, 1.807) is 12.4 Å². The SMILES string of the molecule is O=C(NCc1cccnc1)C1(n2cccc2)CCCCC1. The molecule has 1 amide bonds. The Hall–Kier alpha value is -2.10. The first-order chi connectivity index (χ1) is 10.3. The molecule has 4 heteroatoms. The molecule has 1 aliphatic rings. The summed E-state index contributed by atoms with van der Waals surface area (Å²) in [7, 11) is 0. The first kappa shape index (κ1) is 13.9. The maximum absolute atomic E-state index is 12.8. The van der Waals surface area contributed by atoms with Crippen LogP contribution in [-0.2, 0) is 16.9 Å². The quantitative estimate of drug-likeness (QED) is 0.938. The third kappa shape index (κ3) is 2.84. The van der Waals surface area contributed by atoms with E-state index in [1.165, 1.54) is 6.42 Å². The first-order valence-electron chi connectivity index (χ1n) is 7.62. The Balaban J connectivity index is 1.75. The molecule has 0 saturated heterocycles. The lowest BCUT2D eigenvalue weighted by molar-refractivity contribution is -0.131. The predicted octanol–water partition coefficient (Wildman–Crippen LogP) is 2.86. The van der Waals surface area contributed by atoms with Gasteiger partial charge in [-0.15, -0.1) is 0 Å². The molecule has 0 radical (unpaired) electrons. The van der Waals surface area contributed by atoms with Crippen LogP contribution in [0.1, 0.15) is 37.7 Å². The number of aromatic nitrogens is 2. The lowest BCUT2D eigenvalue weighted by Crippen LogP contribution is -2.49. The molecule has 0 bridgehead atoms. The van der Waals surface area contributed by atoms with Gasteiger partial charge in [-0.1, -0.05) is 25.3 Å². The van der Waals surface area contributed by atoms with E-state index in [4.69, 9.17) is 0 Å². The Morgan fingerprint density at radius 1 is 1.19 bits per heavy atom. The molecule has 0 aromatic carbocycles. The number of hydrogen-bond acceptors (Lipinski definition) is 2. The van der Waals surface area contributed by atoms with Gasteiger partial charge in [-0.3, -0.25) is 9.78 Å². The van der Waals surface area contributed by atoms with Gasteiger partial charge in [-0.25, -0.2) is 0 Å². The van der Waals surface area contributed by atoms with E-state index in [0.29, 0.717) is 6.54 Å². The van der Waals surface area contributed by atoms with Gasteiger partial charge in [-0.2, -0.15) is 0 Å². The second-order valence-electron chi connectivity index (χ2n) is 5.73. The van der Waals surface area contributed by atoms with E-state index in [0.717, 1.165) is 31.2 Å². The highest BCUT2D eigenvalue weighted by Crippen LogP contribution is 2.35. The van der Waals surface area contributed by atoms with Gasteiger partial charge < -0.3 is 9.88 Å². The fraction of sp³-hybridized carbons (Fsp3) is 0.412. The van der Waals surface area contributed by atoms with Crippen LogP contribution in [0.5, 0.6) is 0 Å². The zero-order chi connectivity index (χ0) is 14.5. The van der Waals surface area contributed by atoms with Gasteiger partial charge in [0, 0.05) is 31.3 Å². The number of hydrogen-bond donors (Lipinski definition) is 1. The van der Waals surface area contributed by atoms with Crippen LogP contribution in [-0.4, -0.2) is 15.5 Å². The minimum Gasteiger partial charge on any atom is -0.350 e. The average Bonchev–Trinajstić information content (AvgIpc) is 3.09. The predicted molar refractivity (Wildman–Crippen MR) is 81.6 cm³/mol. The number of amides is 1. The molecule has 0 aliphatic heterocycles. The van der Waals surface area contributed by atoms with Crippen molar-refractivity contribution in [2.24, 2.45) is 0 Å². The summed E-state index contributed by atoms with van der Waals surface area (Å²) in [5, 5.41) is 3.10. The number of carbonyl (C=O) groups excluding carboxylic acids is 1. The molecule has 2 heterocycles. The fourth-order valence-electron chi connectivity index (χ4n) is 3.21. The van der Waals surface area contributed by atoms with Gasteiger partial charge in [0.05, 0.1) is 0 Å². The van der Waals surface area contributed by atoms with E-state index >= 15 is 0 Å². The van der Waals surface area contributed by atoms with Crippen molar-refractivity contribution in [3.63, 3.8) is 0 Å². The second kappa shape index (κ2) is 6.12. The zero-order valence-electron chi connectivity index (χ0n) is 12.2. The minimum absolute atomic E-state index is 0.127. The highest BCUT2D eigenvalue weighted by molar-refractivity contribution is 5.84. The van der Waals surface area contributed by atoms with Crippen LogP contribution >= 0.6 is 0 Å². The Bertz CT molecular complexity index is 571. The standard InChI is InChI=1S/C17H21N3O/c21-16(19-14-15-7-6-10-18-13-15)17(8-2-1-3-9-17)20-11-4-5-12-20/h4-7,10-13H,1-3,8-9,14H2,(H,19,21). The maximum atomic E-state index is 12.8. The third-order valence-electron chi connectivity index (χ3n) is 4.38. The molecule has 1 fully saturated rings. The summed E-state index contributed by atoms with van der Waals surface area (Å²) in [6.45, 7) is 0.537. The van der Waals surface area contributed by atoms with E-state index < -0.39 is 5.54 Å². The van der Waals surface area contributed by atoms with Crippen molar-refractivity contribution in [1.29, 1.82) is 0 Å². The molecular weight excluding hydrogens is 262 g/mol. The van der Waals surface area contributed by atoms with Crippen molar-refractivity contribution < 1.29 is 4.79 Å². The van der Waals surface area contributed by atoms with Crippen LogP contribution in [0.2, 0.25) is 0 Å². The van der Waals surface area contributed by atoms with Crippen molar-refractivity contribution in [3.05, 3.63) is 54.6 Å². The third-order valence-corrected chi connectivity index (χ3v) is 4.38. The van der Waals surface area contributed by atoms with Crippen molar-refractivity contribution in [3.8, 4) is 0 Å². The van der Waals surface area contributed by atoms with E-state index in [1.807, 2.05) is 36.7 Å². The summed E-state index contributed by atoms with van der Waals surface area (Å²) in [5.41, 5.74) is 0.619. The number of pyridine rings is 1. The Labute approximate surface area is 125 Å². The molecule has 2 aromatic rings. The van der Waals surface area contributed by atoms with Crippen LogP contribution in [0, 0.1) is 0 Å². The smallest absolute Gasteiger partial charge is 0.246 e. The highest BCUT2D eigenvalue weighted by Gasteiger charge is 2.40. The number of carbonyl (C=O) groups is 1. The number of nitrogens with one attached hydrogen (secondary N) is 1. The van der Waals surface area contributed by atoms with Crippen molar-refractivity contribution in [2.75, 3.05) is 0 Å². The lowest BCUT2D eigenvalue weighted by Gasteiger charge is -2.37. The molecule has 1 saturated carbocycles. The number of nitrogens with zero attached hydrogens (tertiary/aromatic N) is 2. The second-order valence-corrected chi connectivity index (χ2v) is 5.73. The zero-order valence-corrected chi connectivity index (χ0v) is 12.2. The van der Waals surface area contributed by atoms with Crippen molar-refractivity contribution >= 4 is 5.91 Å². The molecule has 3 rings (SSSR count). The van der Waals surface area contributed by atoms with E-state index in [2.05, 4.69) is 14.9 Å². The van der Waals surface area contributed by atoms with E-state index in [9.17, 15) is 4.79 Å². The maximum Gasteiger partial charge on any atom is 0.246 e.